The number of benzene rings is 1. The van der Waals surface area contributed by atoms with E-state index in [1.807, 2.05) is 32.0 Å². The van der Waals surface area contributed by atoms with Gasteiger partial charge in [-0.05, 0) is 37.6 Å². The molecule has 0 bridgehead atoms. The highest BCUT2D eigenvalue weighted by molar-refractivity contribution is 5.42. The fraction of sp³-hybridized carbons (Fsp3) is 0.250. The van der Waals surface area contributed by atoms with E-state index in [1.54, 1.807) is 24.5 Å². The SMILES string of the molecule is Cc1ccc(C#N)cc1OC(c1cccnc1)C(C)N. The number of rotatable bonds is 4. The lowest BCUT2D eigenvalue weighted by Crippen LogP contribution is -2.29. The molecule has 0 radical (unpaired) electrons. The Hall–Kier alpha value is -2.38. The molecule has 0 fully saturated rings. The van der Waals surface area contributed by atoms with Crippen molar-refractivity contribution in [3.05, 3.63) is 59.4 Å². The molecular formula is C16H17N3O. The van der Waals surface area contributed by atoms with Gasteiger partial charge in [0, 0.05) is 24.0 Å². The molecule has 2 N–H and O–H groups in total. The summed E-state index contributed by atoms with van der Waals surface area (Å²) in [5.74, 6) is 0.676. The number of nitrogens with two attached hydrogens (primary N) is 1. The van der Waals surface area contributed by atoms with Gasteiger partial charge in [0.05, 0.1) is 11.6 Å². The van der Waals surface area contributed by atoms with Gasteiger partial charge in [0.25, 0.3) is 0 Å². The third kappa shape index (κ3) is 3.14. The second-order valence-electron chi connectivity index (χ2n) is 4.78. The highest BCUT2D eigenvalue weighted by atomic mass is 16.5. The van der Waals surface area contributed by atoms with E-state index in [4.69, 9.17) is 15.7 Å². The molecule has 0 aliphatic heterocycles. The first kappa shape index (κ1) is 14.0. The molecule has 4 heteroatoms. The highest BCUT2D eigenvalue weighted by Crippen LogP contribution is 2.27. The molecule has 4 nitrogen and oxygen atoms in total. The van der Waals surface area contributed by atoms with Crippen molar-refractivity contribution in [1.82, 2.24) is 4.98 Å². The number of aryl methyl sites for hydroxylation is 1. The topological polar surface area (TPSA) is 71.9 Å². The Kier molecular flexibility index (Phi) is 4.34. The number of nitrogens with zero attached hydrogens (tertiary/aromatic N) is 2. The summed E-state index contributed by atoms with van der Waals surface area (Å²) in [5, 5.41) is 8.97. The lowest BCUT2D eigenvalue weighted by molar-refractivity contribution is 0.179. The van der Waals surface area contributed by atoms with Gasteiger partial charge in [0.1, 0.15) is 11.9 Å². The van der Waals surface area contributed by atoms with Crippen molar-refractivity contribution in [3.8, 4) is 11.8 Å². The molecule has 0 aliphatic carbocycles. The van der Waals surface area contributed by atoms with E-state index in [0.29, 0.717) is 11.3 Å². The van der Waals surface area contributed by atoms with Crippen LogP contribution in [-0.2, 0) is 0 Å². The predicted molar refractivity (Wildman–Crippen MR) is 77.1 cm³/mol. The average molecular weight is 267 g/mol. The Morgan fingerprint density at radius 1 is 1.35 bits per heavy atom. The first-order chi connectivity index (χ1) is 9.61. The zero-order valence-corrected chi connectivity index (χ0v) is 11.6. The molecule has 0 aliphatic rings. The first-order valence-corrected chi connectivity index (χ1v) is 6.44. The third-order valence-corrected chi connectivity index (χ3v) is 3.06. The lowest BCUT2D eigenvalue weighted by Gasteiger charge is -2.23. The molecule has 0 saturated carbocycles. The van der Waals surface area contributed by atoms with Crippen molar-refractivity contribution >= 4 is 0 Å². The summed E-state index contributed by atoms with van der Waals surface area (Å²) < 4.78 is 6.02. The molecule has 2 atom stereocenters. The average Bonchev–Trinajstić information content (AvgIpc) is 2.47. The van der Waals surface area contributed by atoms with Crippen molar-refractivity contribution in [2.24, 2.45) is 5.73 Å². The van der Waals surface area contributed by atoms with Crippen LogP contribution in [0.1, 0.15) is 29.7 Å². The van der Waals surface area contributed by atoms with Crippen molar-refractivity contribution < 1.29 is 4.74 Å². The molecule has 2 rings (SSSR count). The summed E-state index contributed by atoms with van der Waals surface area (Å²) in [7, 11) is 0. The molecule has 1 aromatic heterocycles. The Morgan fingerprint density at radius 3 is 2.75 bits per heavy atom. The number of pyridine rings is 1. The molecule has 2 unspecified atom stereocenters. The van der Waals surface area contributed by atoms with Crippen LogP contribution < -0.4 is 10.5 Å². The van der Waals surface area contributed by atoms with Crippen LogP contribution in [0.4, 0.5) is 0 Å². The van der Waals surface area contributed by atoms with Crippen molar-refractivity contribution in [3.63, 3.8) is 0 Å². The number of hydrogen-bond donors (Lipinski definition) is 1. The van der Waals surface area contributed by atoms with E-state index in [-0.39, 0.29) is 12.1 Å². The first-order valence-electron chi connectivity index (χ1n) is 6.44. The minimum atomic E-state index is -0.295. The Morgan fingerprint density at radius 2 is 2.15 bits per heavy atom. The van der Waals surface area contributed by atoms with Gasteiger partial charge in [0.2, 0.25) is 0 Å². The molecule has 1 aromatic carbocycles. The summed E-state index contributed by atoms with van der Waals surface area (Å²) in [6, 6.07) is 11.1. The maximum atomic E-state index is 8.97. The second-order valence-corrected chi connectivity index (χ2v) is 4.78. The minimum absolute atomic E-state index is 0.190. The van der Waals surface area contributed by atoms with E-state index in [0.717, 1.165) is 11.1 Å². The van der Waals surface area contributed by atoms with Crippen LogP contribution in [0.3, 0.4) is 0 Å². The normalized spacial score (nSPS) is 13.3. The molecule has 0 amide bonds. The smallest absolute Gasteiger partial charge is 0.140 e. The van der Waals surface area contributed by atoms with E-state index in [9.17, 15) is 0 Å². The Bertz CT molecular complexity index is 617. The summed E-state index contributed by atoms with van der Waals surface area (Å²) >= 11 is 0. The van der Waals surface area contributed by atoms with E-state index in [2.05, 4.69) is 11.1 Å². The van der Waals surface area contributed by atoms with Crippen molar-refractivity contribution in [1.29, 1.82) is 5.26 Å². The van der Waals surface area contributed by atoms with Crippen LogP contribution in [0.2, 0.25) is 0 Å². The standard InChI is InChI=1S/C16H17N3O/c1-11-5-6-13(9-17)8-15(11)20-16(12(2)18)14-4-3-7-19-10-14/h3-8,10,12,16H,18H2,1-2H3. The van der Waals surface area contributed by atoms with E-state index >= 15 is 0 Å². The quantitative estimate of drug-likeness (QED) is 0.924. The van der Waals surface area contributed by atoms with Gasteiger partial charge in [-0.1, -0.05) is 12.1 Å². The molecule has 20 heavy (non-hydrogen) atoms. The Balaban J connectivity index is 2.32. The van der Waals surface area contributed by atoms with E-state index < -0.39 is 0 Å². The van der Waals surface area contributed by atoms with Crippen molar-refractivity contribution in [2.45, 2.75) is 26.0 Å². The van der Waals surface area contributed by atoms with Gasteiger partial charge in [0.15, 0.2) is 0 Å². The van der Waals surface area contributed by atoms with Crippen LogP contribution >= 0.6 is 0 Å². The molecule has 102 valence electrons. The van der Waals surface area contributed by atoms with Gasteiger partial charge < -0.3 is 10.5 Å². The van der Waals surface area contributed by atoms with Gasteiger partial charge in [-0.3, -0.25) is 4.98 Å². The molecule has 1 heterocycles. The lowest BCUT2D eigenvalue weighted by atomic mass is 10.1. The zero-order valence-electron chi connectivity index (χ0n) is 11.6. The maximum Gasteiger partial charge on any atom is 0.140 e. The fourth-order valence-corrected chi connectivity index (χ4v) is 1.96. The van der Waals surface area contributed by atoms with Crippen LogP contribution in [0, 0.1) is 18.3 Å². The number of aromatic nitrogens is 1. The van der Waals surface area contributed by atoms with Crippen molar-refractivity contribution in [2.75, 3.05) is 0 Å². The number of ether oxygens (including phenoxy) is 1. The molecular weight excluding hydrogens is 250 g/mol. The molecule has 2 aromatic rings. The number of nitriles is 1. The molecule has 0 spiro atoms. The highest BCUT2D eigenvalue weighted by Gasteiger charge is 2.19. The summed E-state index contributed by atoms with van der Waals surface area (Å²) in [4.78, 5) is 4.10. The monoisotopic (exact) mass is 267 g/mol. The van der Waals surface area contributed by atoms with Gasteiger partial charge in [-0.2, -0.15) is 5.26 Å². The van der Waals surface area contributed by atoms with Gasteiger partial charge >= 0.3 is 0 Å². The van der Waals surface area contributed by atoms with Crippen LogP contribution in [-0.4, -0.2) is 11.0 Å². The number of hydrogen-bond acceptors (Lipinski definition) is 4. The summed E-state index contributed by atoms with van der Waals surface area (Å²) in [6.07, 6.45) is 3.16. The van der Waals surface area contributed by atoms with Gasteiger partial charge in [-0.25, -0.2) is 0 Å². The summed E-state index contributed by atoms with van der Waals surface area (Å²) in [5.41, 5.74) is 8.48. The van der Waals surface area contributed by atoms with Crippen LogP contribution in [0.25, 0.3) is 0 Å². The van der Waals surface area contributed by atoms with Gasteiger partial charge in [-0.15, -0.1) is 0 Å². The van der Waals surface area contributed by atoms with Crippen LogP contribution in [0.5, 0.6) is 5.75 Å². The molecule has 0 saturated heterocycles. The maximum absolute atomic E-state index is 8.97. The van der Waals surface area contributed by atoms with E-state index in [1.165, 1.54) is 0 Å². The second kappa shape index (κ2) is 6.18. The summed E-state index contributed by atoms with van der Waals surface area (Å²) in [6.45, 7) is 3.83. The zero-order chi connectivity index (χ0) is 14.5. The minimum Gasteiger partial charge on any atom is -0.484 e. The fourth-order valence-electron chi connectivity index (χ4n) is 1.96. The largest absolute Gasteiger partial charge is 0.484 e. The predicted octanol–water partition coefficient (Wildman–Crippen LogP) is 2.73. The Labute approximate surface area is 118 Å². The van der Waals surface area contributed by atoms with Crippen LogP contribution in [0.15, 0.2) is 42.7 Å². The third-order valence-electron chi connectivity index (χ3n) is 3.06.